The molecule has 1 aromatic carbocycles. The molecule has 31 heavy (non-hydrogen) atoms. The van der Waals surface area contributed by atoms with Gasteiger partial charge in [0.2, 0.25) is 0 Å². The summed E-state index contributed by atoms with van der Waals surface area (Å²) in [7, 11) is 1.68. The van der Waals surface area contributed by atoms with Crippen molar-refractivity contribution in [1.29, 1.82) is 0 Å². The van der Waals surface area contributed by atoms with Crippen molar-refractivity contribution in [2.45, 2.75) is 12.6 Å². The number of benzene rings is 1. The van der Waals surface area contributed by atoms with Gasteiger partial charge in [0.05, 0.1) is 25.1 Å². The Morgan fingerprint density at radius 3 is 2.68 bits per heavy atom. The minimum atomic E-state index is -0.110. The molecule has 4 heterocycles. The molecule has 0 bridgehead atoms. The number of nitrogens with zero attached hydrogens (tertiary/aromatic N) is 4. The Morgan fingerprint density at radius 1 is 1.06 bits per heavy atom. The van der Waals surface area contributed by atoms with Gasteiger partial charge in [-0.2, -0.15) is 0 Å². The van der Waals surface area contributed by atoms with Crippen molar-refractivity contribution in [3.63, 3.8) is 0 Å². The van der Waals surface area contributed by atoms with Crippen LogP contribution >= 0.6 is 0 Å². The second kappa shape index (κ2) is 8.87. The molecule has 8 heteroatoms. The Kier molecular flexibility index (Phi) is 5.64. The summed E-state index contributed by atoms with van der Waals surface area (Å²) in [5.41, 5.74) is 3.70. The fourth-order valence-electron chi connectivity index (χ4n) is 3.91. The van der Waals surface area contributed by atoms with Crippen molar-refractivity contribution in [1.82, 2.24) is 19.9 Å². The third kappa shape index (κ3) is 4.30. The Morgan fingerprint density at radius 2 is 1.87 bits per heavy atom. The molecule has 2 aromatic heterocycles. The van der Waals surface area contributed by atoms with E-state index < -0.39 is 0 Å². The highest BCUT2D eigenvalue weighted by Crippen LogP contribution is 2.37. The van der Waals surface area contributed by atoms with Crippen LogP contribution in [0.3, 0.4) is 0 Å². The van der Waals surface area contributed by atoms with E-state index in [1.807, 2.05) is 30.3 Å². The molecule has 1 unspecified atom stereocenters. The summed E-state index contributed by atoms with van der Waals surface area (Å²) in [6, 6.07) is 9.90. The zero-order chi connectivity index (χ0) is 21.0. The number of fused-ring (bicyclic) bond motifs is 1. The minimum Gasteiger partial charge on any atom is -0.496 e. The molecule has 2 aliphatic heterocycles. The lowest BCUT2D eigenvalue weighted by molar-refractivity contribution is -0.0351. The molecule has 1 atom stereocenters. The Bertz CT molecular complexity index is 1050. The van der Waals surface area contributed by atoms with Gasteiger partial charge in [0, 0.05) is 49.2 Å². The Hall–Kier alpha value is -3.23. The van der Waals surface area contributed by atoms with Crippen LogP contribution in [-0.4, -0.2) is 59.9 Å². The molecule has 0 N–H and O–H groups in total. The monoisotopic (exact) mass is 420 g/mol. The molecule has 8 nitrogen and oxygen atoms in total. The van der Waals surface area contributed by atoms with Gasteiger partial charge in [-0.1, -0.05) is 6.07 Å². The van der Waals surface area contributed by atoms with Crippen LogP contribution in [0.4, 0.5) is 0 Å². The van der Waals surface area contributed by atoms with E-state index in [9.17, 15) is 0 Å². The highest BCUT2D eigenvalue weighted by atomic mass is 16.6. The SMILES string of the molecule is COc1cc2c(cc1CN1CCOC(c3cccc(-c4cncnc4)n3)C1)OCCO2. The minimum absolute atomic E-state index is 0.110. The van der Waals surface area contributed by atoms with Gasteiger partial charge in [0.15, 0.2) is 11.5 Å². The molecule has 160 valence electrons. The smallest absolute Gasteiger partial charge is 0.165 e. The maximum absolute atomic E-state index is 6.06. The summed E-state index contributed by atoms with van der Waals surface area (Å²) in [6.07, 6.45) is 4.94. The van der Waals surface area contributed by atoms with Gasteiger partial charge in [-0.3, -0.25) is 4.90 Å². The van der Waals surface area contributed by atoms with E-state index in [2.05, 4.69) is 14.9 Å². The first-order valence-corrected chi connectivity index (χ1v) is 10.3. The van der Waals surface area contributed by atoms with Gasteiger partial charge in [0.25, 0.3) is 0 Å². The van der Waals surface area contributed by atoms with E-state index in [1.54, 1.807) is 19.5 Å². The average molecular weight is 420 g/mol. The van der Waals surface area contributed by atoms with Gasteiger partial charge >= 0.3 is 0 Å². The fourth-order valence-corrected chi connectivity index (χ4v) is 3.91. The number of morpholine rings is 1. The first-order valence-electron chi connectivity index (χ1n) is 10.3. The highest BCUT2D eigenvalue weighted by molar-refractivity contribution is 5.56. The van der Waals surface area contributed by atoms with Crippen LogP contribution in [0.5, 0.6) is 17.2 Å². The van der Waals surface area contributed by atoms with Gasteiger partial charge in [-0.25, -0.2) is 15.0 Å². The lowest BCUT2D eigenvalue weighted by atomic mass is 10.1. The molecule has 3 aromatic rings. The zero-order valence-electron chi connectivity index (χ0n) is 17.4. The van der Waals surface area contributed by atoms with E-state index in [4.69, 9.17) is 23.9 Å². The van der Waals surface area contributed by atoms with Gasteiger partial charge in [-0.05, 0) is 18.2 Å². The van der Waals surface area contributed by atoms with Crippen LogP contribution in [0.15, 0.2) is 49.1 Å². The Labute approximate surface area is 180 Å². The maximum atomic E-state index is 6.06. The molecule has 5 rings (SSSR count). The number of aromatic nitrogens is 3. The standard InChI is InChI=1S/C23H24N4O4/c1-28-20-10-22-21(30-7-8-31-22)9-16(20)13-27-5-6-29-23(14-27)19-4-2-3-18(26-19)17-11-24-15-25-12-17/h2-4,9-12,15,23H,5-8,13-14H2,1H3. The van der Waals surface area contributed by atoms with Crippen LogP contribution in [0.1, 0.15) is 17.4 Å². The molecular weight excluding hydrogens is 396 g/mol. The lowest BCUT2D eigenvalue weighted by Crippen LogP contribution is -2.38. The van der Waals surface area contributed by atoms with Gasteiger partial charge in [0.1, 0.15) is 31.4 Å². The van der Waals surface area contributed by atoms with Crippen LogP contribution in [0, 0.1) is 0 Å². The number of ether oxygens (including phenoxy) is 4. The fraction of sp³-hybridized carbons (Fsp3) is 0.348. The summed E-state index contributed by atoms with van der Waals surface area (Å²) in [5, 5.41) is 0. The first kappa shape index (κ1) is 19.7. The molecule has 0 spiro atoms. The predicted octanol–water partition coefficient (Wildman–Crippen LogP) is 2.89. The summed E-state index contributed by atoms with van der Waals surface area (Å²) in [6.45, 7) is 4.05. The van der Waals surface area contributed by atoms with Crippen molar-refractivity contribution < 1.29 is 18.9 Å². The zero-order valence-corrected chi connectivity index (χ0v) is 17.4. The molecule has 0 saturated carbocycles. The van der Waals surface area contributed by atoms with E-state index in [-0.39, 0.29) is 6.10 Å². The van der Waals surface area contributed by atoms with Crippen LogP contribution in [0.2, 0.25) is 0 Å². The molecule has 0 aliphatic carbocycles. The lowest BCUT2D eigenvalue weighted by Gasteiger charge is -2.33. The quantitative estimate of drug-likeness (QED) is 0.624. The van der Waals surface area contributed by atoms with E-state index >= 15 is 0 Å². The Balaban J connectivity index is 1.34. The van der Waals surface area contributed by atoms with Crippen molar-refractivity contribution >= 4 is 0 Å². The normalized spacial score (nSPS) is 18.5. The molecular formula is C23H24N4O4. The third-order valence-electron chi connectivity index (χ3n) is 5.45. The summed E-state index contributed by atoms with van der Waals surface area (Å²) in [5.74, 6) is 2.31. The van der Waals surface area contributed by atoms with E-state index in [0.29, 0.717) is 19.8 Å². The molecule has 1 fully saturated rings. The first-order chi connectivity index (χ1) is 15.3. The largest absolute Gasteiger partial charge is 0.496 e. The summed E-state index contributed by atoms with van der Waals surface area (Å²) < 4.78 is 23.1. The summed E-state index contributed by atoms with van der Waals surface area (Å²) in [4.78, 5) is 15.3. The van der Waals surface area contributed by atoms with Gasteiger partial charge in [-0.15, -0.1) is 0 Å². The molecule has 0 amide bonds. The van der Waals surface area contributed by atoms with E-state index in [0.717, 1.165) is 59.4 Å². The number of hydrogen-bond donors (Lipinski definition) is 0. The maximum Gasteiger partial charge on any atom is 0.165 e. The highest BCUT2D eigenvalue weighted by Gasteiger charge is 2.25. The number of hydrogen-bond acceptors (Lipinski definition) is 8. The second-order valence-corrected chi connectivity index (χ2v) is 7.48. The van der Waals surface area contributed by atoms with Crippen molar-refractivity contribution in [2.75, 3.05) is 40.0 Å². The van der Waals surface area contributed by atoms with E-state index in [1.165, 1.54) is 6.33 Å². The molecule has 0 radical (unpaired) electrons. The molecule has 1 saturated heterocycles. The molecule has 2 aliphatic rings. The third-order valence-corrected chi connectivity index (χ3v) is 5.45. The van der Waals surface area contributed by atoms with Crippen LogP contribution in [-0.2, 0) is 11.3 Å². The van der Waals surface area contributed by atoms with Crippen LogP contribution < -0.4 is 14.2 Å². The second-order valence-electron chi connectivity index (χ2n) is 7.48. The van der Waals surface area contributed by atoms with Crippen molar-refractivity contribution in [2.24, 2.45) is 0 Å². The average Bonchev–Trinajstić information content (AvgIpc) is 2.84. The number of pyridine rings is 1. The van der Waals surface area contributed by atoms with Crippen molar-refractivity contribution in [3.8, 4) is 28.5 Å². The van der Waals surface area contributed by atoms with Crippen molar-refractivity contribution in [3.05, 3.63) is 60.3 Å². The summed E-state index contributed by atoms with van der Waals surface area (Å²) >= 11 is 0. The predicted molar refractivity (Wildman–Crippen MR) is 113 cm³/mol. The topological polar surface area (TPSA) is 78.8 Å². The van der Waals surface area contributed by atoms with Crippen LogP contribution in [0.25, 0.3) is 11.3 Å². The number of methoxy groups -OCH3 is 1. The number of rotatable bonds is 5. The van der Waals surface area contributed by atoms with Gasteiger partial charge < -0.3 is 18.9 Å².